The van der Waals surface area contributed by atoms with E-state index in [0.29, 0.717) is 17.0 Å². The molecule has 0 amide bonds. The Morgan fingerprint density at radius 2 is 2.29 bits per heavy atom. The van der Waals surface area contributed by atoms with Gasteiger partial charge in [-0.2, -0.15) is 0 Å². The maximum absolute atomic E-state index is 10.8. The molecule has 1 heterocycles. The molecule has 1 aromatic heterocycles. The predicted octanol–water partition coefficient (Wildman–Crippen LogP) is 2.30. The number of anilines is 1. The highest BCUT2D eigenvalue weighted by Crippen LogP contribution is 2.37. The number of rotatable bonds is 2. The summed E-state index contributed by atoms with van der Waals surface area (Å²) in [5.41, 5.74) is 7.10. The Morgan fingerprint density at radius 3 is 2.93 bits per heavy atom. The molecule has 0 saturated heterocycles. The molecule has 0 atom stereocenters. The first kappa shape index (κ1) is 9.02. The van der Waals surface area contributed by atoms with Gasteiger partial charge in [-0.1, -0.05) is 0 Å². The lowest BCUT2D eigenvalue weighted by Crippen LogP contribution is -1.89. The SMILES string of the molecule is COc1ccc(C=O)c2scc(N)c12. The van der Waals surface area contributed by atoms with E-state index in [1.807, 2.05) is 5.38 Å². The third-order valence-electron chi connectivity index (χ3n) is 2.09. The van der Waals surface area contributed by atoms with E-state index < -0.39 is 0 Å². The fourth-order valence-electron chi connectivity index (χ4n) is 1.43. The Bertz CT molecular complexity index is 490. The first-order chi connectivity index (χ1) is 6.77. The van der Waals surface area contributed by atoms with Crippen LogP contribution in [0.15, 0.2) is 17.5 Å². The minimum Gasteiger partial charge on any atom is -0.496 e. The number of benzene rings is 1. The van der Waals surface area contributed by atoms with Crippen LogP contribution in [0, 0.1) is 0 Å². The first-order valence-electron chi connectivity index (χ1n) is 4.06. The molecule has 0 radical (unpaired) electrons. The van der Waals surface area contributed by atoms with Gasteiger partial charge in [0.25, 0.3) is 0 Å². The smallest absolute Gasteiger partial charge is 0.151 e. The zero-order valence-electron chi connectivity index (χ0n) is 7.61. The van der Waals surface area contributed by atoms with E-state index in [0.717, 1.165) is 16.4 Å². The Morgan fingerprint density at radius 1 is 1.50 bits per heavy atom. The number of fused-ring (bicyclic) bond motifs is 1. The van der Waals surface area contributed by atoms with Gasteiger partial charge >= 0.3 is 0 Å². The topological polar surface area (TPSA) is 52.3 Å². The molecule has 0 aliphatic heterocycles. The van der Waals surface area contributed by atoms with Crippen molar-refractivity contribution < 1.29 is 9.53 Å². The third kappa shape index (κ3) is 1.15. The van der Waals surface area contributed by atoms with Crippen molar-refractivity contribution in [2.24, 2.45) is 0 Å². The Balaban J connectivity index is 2.87. The Hall–Kier alpha value is -1.55. The van der Waals surface area contributed by atoms with Crippen molar-refractivity contribution in [1.82, 2.24) is 0 Å². The van der Waals surface area contributed by atoms with Crippen molar-refractivity contribution in [3.63, 3.8) is 0 Å². The predicted molar refractivity (Wildman–Crippen MR) is 58.2 cm³/mol. The lowest BCUT2D eigenvalue weighted by molar-refractivity contribution is 0.112. The van der Waals surface area contributed by atoms with Crippen LogP contribution in [-0.4, -0.2) is 13.4 Å². The number of thiophene rings is 1. The average molecular weight is 207 g/mol. The van der Waals surface area contributed by atoms with E-state index in [1.54, 1.807) is 19.2 Å². The van der Waals surface area contributed by atoms with Gasteiger partial charge in [-0.25, -0.2) is 0 Å². The number of ether oxygens (including phenoxy) is 1. The van der Waals surface area contributed by atoms with Crippen LogP contribution in [0.3, 0.4) is 0 Å². The number of hydrogen-bond donors (Lipinski definition) is 1. The van der Waals surface area contributed by atoms with Gasteiger partial charge in [0.05, 0.1) is 22.9 Å². The molecule has 1 aromatic carbocycles. The van der Waals surface area contributed by atoms with Crippen molar-refractivity contribution in [2.45, 2.75) is 0 Å². The summed E-state index contributed by atoms with van der Waals surface area (Å²) in [6, 6.07) is 3.50. The van der Waals surface area contributed by atoms with E-state index in [9.17, 15) is 4.79 Å². The molecule has 2 aromatic rings. The summed E-state index contributed by atoms with van der Waals surface area (Å²) in [6.45, 7) is 0. The van der Waals surface area contributed by atoms with Gasteiger partial charge in [0.15, 0.2) is 6.29 Å². The molecule has 2 rings (SSSR count). The monoisotopic (exact) mass is 207 g/mol. The van der Waals surface area contributed by atoms with Crippen molar-refractivity contribution in [3.05, 3.63) is 23.1 Å². The zero-order valence-corrected chi connectivity index (χ0v) is 8.43. The van der Waals surface area contributed by atoms with Crippen molar-refractivity contribution >= 4 is 33.4 Å². The number of aldehydes is 1. The zero-order chi connectivity index (χ0) is 10.1. The summed E-state index contributed by atoms with van der Waals surface area (Å²) < 4.78 is 6.06. The maximum atomic E-state index is 10.8. The second kappa shape index (κ2) is 3.31. The van der Waals surface area contributed by atoms with Crippen LogP contribution < -0.4 is 10.5 Å². The minimum absolute atomic E-state index is 0.655. The van der Waals surface area contributed by atoms with E-state index in [1.165, 1.54) is 11.3 Å². The summed E-state index contributed by atoms with van der Waals surface area (Å²) >= 11 is 1.46. The molecule has 0 unspecified atom stereocenters. The summed E-state index contributed by atoms with van der Waals surface area (Å²) in [5, 5.41) is 2.65. The van der Waals surface area contributed by atoms with Crippen LogP contribution in [0.5, 0.6) is 5.75 Å². The Labute approximate surface area is 85.1 Å². The molecule has 0 aliphatic rings. The number of hydrogen-bond acceptors (Lipinski definition) is 4. The highest BCUT2D eigenvalue weighted by atomic mass is 32.1. The van der Waals surface area contributed by atoms with Gasteiger partial charge in [0.1, 0.15) is 5.75 Å². The second-order valence-corrected chi connectivity index (χ2v) is 3.75. The molecule has 0 aliphatic carbocycles. The normalized spacial score (nSPS) is 10.4. The van der Waals surface area contributed by atoms with Crippen LogP contribution in [-0.2, 0) is 0 Å². The van der Waals surface area contributed by atoms with Crippen LogP contribution in [0.25, 0.3) is 10.1 Å². The first-order valence-corrected chi connectivity index (χ1v) is 4.94. The molecule has 0 spiro atoms. The van der Waals surface area contributed by atoms with Crippen LogP contribution in [0.1, 0.15) is 10.4 Å². The number of nitrogens with two attached hydrogens (primary N) is 1. The van der Waals surface area contributed by atoms with E-state index in [-0.39, 0.29) is 0 Å². The van der Waals surface area contributed by atoms with Crippen molar-refractivity contribution in [1.29, 1.82) is 0 Å². The number of carbonyl (C=O) groups excluding carboxylic acids is 1. The number of methoxy groups -OCH3 is 1. The highest BCUT2D eigenvalue weighted by Gasteiger charge is 2.10. The van der Waals surface area contributed by atoms with Crippen molar-refractivity contribution in [2.75, 3.05) is 12.8 Å². The molecular formula is C10H9NO2S. The number of carbonyl (C=O) groups is 1. The summed E-state index contributed by atoms with van der Waals surface area (Å²) in [5.74, 6) is 0.712. The lowest BCUT2D eigenvalue weighted by atomic mass is 10.1. The molecule has 3 nitrogen and oxygen atoms in total. The molecule has 2 N–H and O–H groups in total. The number of nitrogen functional groups attached to an aromatic ring is 1. The van der Waals surface area contributed by atoms with Gasteiger partial charge in [-0.3, -0.25) is 4.79 Å². The summed E-state index contributed by atoms with van der Waals surface area (Å²) in [6.07, 6.45) is 0.831. The van der Waals surface area contributed by atoms with Crippen LogP contribution in [0.4, 0.5) is 5.69 Å². The molecule has 72 valence electrons. The summed E-state index contributed by atoms with van der Waals surface area (Å²) in [4.78, 5) is 10.8. The minimum atomic E-state index is 0.655. The second-order valence-electron chi connectivity index (χ2n) is 2.87. The Kier molecular flexibility index (Phi) is 2.13. The molecule has 14 heavy (non-hydrogen) atoms. The van der Waals surface area contributed by atoms with E-state index in [2.05, 4.69) is 0 Å². The van der Waals surface area contributed by atoms with Gasteiger partial charge in [-0.05, 0) is 12.1 Å². The largest absolute Gasteiger partial charge is 0.496 e. The van der Waals surface area contributed by atoms with Gasteiger partial charge in [0, 0.05) is 10.9 Å². The molecular weight excluding hydrogens is 198 g/mol. The highest BCUT2D eigenvalue weighted by molar-refractivity contribution is 7.18. The van der Waals surface area contributed by atoms with Crippen molar-refractivity contribution in [3.8, 4) is 5.75 Å². The molecule has 0 saturated carbocycles. The quantitative estimate of drug-likeness (QED) is 0.769. The lowest BCUT2D eigenvalue weighted by Gasteiger charge is -2.03. The van der Waals surface area contributed by atoms with E-state index in [4.69, 9.17) is 10.5 Å². The van der Waals surface area contributed by atoms with Gasteiger partial charge in [-0.15, -0.1) is 11.3 Å². The average Bonchev–Trinajstić information content (AvgIpc) is 2.60. The van der Waals surface area contributed by atoms with Crippen LogP contribution in [0.2, 0.25) is 0 Å². The molecule has 4 heteroatoms. The summed E-state index contributed by atoms with van der Waals surface area (Å²) in [7, 11) is 1.59. The molecule has 0 fully saturated rings. The van der Waals surface area contributed by atoms with Gasteiger partial charge in [0.2, 0.25) is 0 Å². The third-order valence-corrected chi connectivity index (χ3v) is 3.14. The van der Waals surface area contributed by atoms with E-state index >= 15 is 0 Å². The van der Waals surface area contributed by atoms with Gasteiger partial charge < -0.3 is 10.5 Å². The molecule has 0 bridgehead atoms. The fraction of sp³-hybridized carbons (Fsp3) is 0.100. The fourth-order valence-corrected chi connectivity index (χ4v) is 2.38. The van der Waals surface area contributed by atoms with Crippen LogP contribution >= 0.6 is 11.3 Å². The standard InChI is InChI=1S/C10H9NO2S/c1-13-8-3-2-6(4-12)10-9(8)7(11)5-14-10/h2-5H,11H2,1H3. The maximum Gasteiger partial charge on any atom is 0.151 e.